The molecule has 1 aliphatic carbocycles. The van der Waals surface area contributed by atoms with Crippen LogP contribution in [0.25, 0.3) is 0 Å². The van der Waals surface area contributed by atoms with Gasteiger partial charge in [0.15, 0.2) is 0 Å². The molecular formula is C15H25Cl2N3O2. The second-order valence-electron chi connectivity index (χ2n) is 5.96. The Morgan fingerprint density at radius 3 is 2.59 bits per heavy atom. The summed E-state index contributed by atoms with van der Waals surface area (Å²) in [6.07, 6.45) is 0.555. The van der Waals surface area contributed by atoms with Crippen molar-refractivity contribution in [3.63, 3.8) is 0 Å². The predicted octanol–water partition coefficient (Wildman–Crippen LogP) is 2.70. The molecule has 2 atom stereocenters. The van der Waals surface area contributed by atoms with Gasteiger partial charge in [-0.05, 0) is 26.0 Å². The van der Waals surface area contributed by atoms with Gasteiger partial charge in [-0.2, -0.15) is 0 Å². The number of nitrogens with zero attached hydrogens (tertiary/aromatic N) is 1. The van der Waals surface area contributed by atoms with Crippen LogP contribution < -0.4 is 11.1 Å². The van der Waals surface area contributed by atoms with Crippen molar-refractivity contribution in [3.05, 3.63) is 23.9 Å². The van der Waals surface area contributed by atoms with Crippen LogP contribution in [0, 0.1) is 12.3 Å². The third-order valence-corrected chi connectivity index (χ3v) is 4.37. The van der Waals surface area contributed by atoms with Crippen LogP contribution in [-0.4, -0.2) is 29.1 Å². The van der Waals surface area contributed by atoms with Crippen molar-refractivity contribution >= 4 is 36.5 Å². The number of nitrogens with one attached hydrogen (secondary N) is 1. The first-order valence-electron chi connectivity index (χ1n) is 6.97. The van der Waals surface area contributed by atoms with Crippen molar-refractivity contribution < 1.29 is 9.53 Å². The van der Waals surface area contributed by atoms with E-state index in [-0.39, 0.29) is 36.8 Å². The molecule has 0 bridgehead atoms. The molecule has 1 heterocycles. The van der Waals surface area contributed by atoms with Gasteiger partial charge in [0.1, 0.15) is 11.4 Å². The normalized spacial score (nSPS) is 25.2. The maximum absolute atomic E-state index is 12.5. The second-order valence-corrected chi connectivity index (χ2v) is 5.96. The van der Waals surface area contributed by atoms with Crippen molar-refractivity contribution in [2.75, 3.05) is 11.9 Å². The van der Waals surface area contributed by atoms with E-state index in [1.165, 1.54) is 0 Å². The van der Waals surface area contributed by atoms with Gasteiger partial charge in [0, 0.05) is 24.1 Å². The third kappa shape index (κ3) is 3.54. The average molecular weight is 350 g/mol. The number of halogens is 2. The van der Waals surface area contributed by atoms with Gasteiger partial charge in [0.2, 0.25) is 5.91 Å². The molecule has 1 amide bonds. The largest absolute Gasteiger partial charge is 0.378 e. The molecule has 1 fully saturated rings. The number of rotatable bonds is 4. The quantitative estimate of drug-likeness (QED) is 0.875. The molecule has 1 aromatic heterocycles. The van der Waals surface area contributed by atoms with E-state index < -0.39 is 11.0 Å². The van der Waals surface area contributed by atoms with Crippen LogP contribution >= 0.6 is 24.8 Å². The Morgan fingerprint density at radius 2 is 2.09 bits per heavy atom. The van der Waals surface area contributed by atoms with E-state index in [1.807, 2.05) is 39.8 Å². The molecule has 3 N–H and O–H groups in total. The van der Waals surface area contributed by atoms with Crippen LogP contribution in [0.2, 0.25) is 0 Å². The number of aryl methyl sites for hydroxylation is 1. The molecule has 1 aromatic rings. The van der Waals surface area contributed by atoms with Crippen LogP contribution in [0.15, 0.2) is 18.2 Å². The Hall–Kier alpha value is -0.880. The number of hydrogen-bond donors (Lipinski definition) is 2. The number of carbonyl (C=O) groups is 1. The molecule has 2 unspecified atom stereocenters. The van der Waals surface area contributed by atoms with E-state index in [1.54, 1.807) is 6.07 Å². The van der Waals surface area contributed by atoms with Crippen LogP contribution in [0.5, 0.6) is 0 Å². The zero-order valence-corrected chi connectivity index (χ0v) is 15.0. The van der Waals surface area contributed by atoms with E-state index in [9.17, 15) is 4.79 Å². The average Bonchev–Trinajstić information content (AvgIpc) is 2.38. The lowest BCUT2D eigenvalue weighted by molar-refractivity contribution is -0.166. The number of anilines is 1. The van der Waals surface area contributed by atoms with Gasteiger partial charge in [-0.25, -0.2) is 4.98 Å². The molecule has 1 saturated carbocycles. The summed E-state index contributed by atoms with van der Waals surface area (Å²) in [5.41, 5.74) is 5.86. The highest BCUT2D eigenvalue weighted by molar-refractivity contribution is 5.99. The van der Waals surface area contributed by atoms with E-state index >= 15 is 0 Å². The molecular weight excluding hydrogens is 325 g/mol. The molecule has 7 heteroatoms. The topological polar surface area (TPSA) is 77.2 Å². The van der Waals surface area contributed by atoms with Crippen molar-refractivity contribution in [2.24, 2.45) is 11.1 Å². The summed E-state index contributed by atoms with van der Waals surface area (Å²) in [5.74, 6) is 0.340. The van der Waals surface area contributed by atoms with Crippen LogP contribution in [0.1, 0.15) is 32.9 Å². The van der Waals surface area contributed by atoms with Gasteiger partial charge in [-0.1, -0.05) is 19.9 Å². The molecule has 0 aliphatic heterocycles. The van der Waals surface area contributed by atoms with Crippen molar-refractivity contribution in [2.45, 2.75) is 45.8 Å². The molecule has 5 nitrogen and oxygen atoms in total. The Labute approximate surface area is 144 Å². The molecule has 2 rings (SSSR count). The zero-order chi connectivity index (χ0) is 15.0. The second kappa shape index (κ2) is 7.59. The molecule has 0 spiro atoms. The summed E-state index contributed by atoms with van der Waals surface area (Å²) in [6.45, 7) is 8.40. The summed E-state index contributed by atoms with van der Waals surface area (Å²) >= 11 is 0. The highest BCUT2D eigenvalue weighted by Gasteiger charge is 2.62. The standard InChI is InChI=1S/C15H23N3O2.2ClH/c1-5-20-11-9-15(16,14(11,3)4)13(19)18-12-8-6-7-10(2)17-12;;/h6-8,11H,5,9,16H2,1-4H3,(H,17,18,19);2*1H. The van der Waals surface area contributed by atoms with E-state index in [0.717, 1.165) is 5.69 Å². The Balaban J connectivity index is 0.00000220. The molecule has 0 saturated heterocycles. The van der Waals surface area contributed by atoms with Crippen LogP contribution in [-0.2, 0) is 9.53 Å². The molecule has 1 aliphatic rings. The number of hydrogen-bond acceptors (Lipinski definition) is 4. The van der Waals surface area contributed by atoms with Crippen molar-refractivity contribution in [1.29, 1.82) is 0 Å². The Kier molecular flexibility index (Phi) is 7.29. The minimum Gasteiger partial charge on any atom is -0.378 e. The summed E-state index contributed by atoms with van der Waals surface area (Å²) in [5, 5.41) is 2.81. The number of nitrogens with two attached hydrogens (primary N) is 1. The molecule has 0 radical (unpaired) electrons. The van der Waals surface area contributed by atoms with Gasteiger partial charge >= 0.3 is 0 Å². The Morgan fingerprint density at radius 1 is 1.45 bits per heavy atom. The fraction of sp³-hybridized carbons (Fsp3) is 0.600. The summed E-state index contributed by atoms with van der Waals surface area (Å²) in [6, 6.07) is 5.50. The number of amides is 1. The van der Waals surface area contributed by atoms with Gasteiger partial charge in [-0.3, -0.25) is 4.79 Å². The van der Waals surface area contributed by atoms with Crippen molar-refractivity contribution in [1.82, 2.24) is 4.98 Å². The number of carbonyl (C=O) groups excluding carboxylic acids is 1. The monoisotopic (exact) mass is 349 g/mol. The minimum atomic E-state index is -0.918. The van der Waals surface area contributed by atoms with Crippen LogP contribution in [0.3, 0.4) is 0 Å². The fourth-order valence-corrected chi connectivity index (χ4v) is 2.66. The maximum Gasteiger partial charge on any atom is 0.246 e. The minimum absolute atomic E-state index is 0. The van der Waals surface area contributed by atoms with E-state index in [4.69, 9.17) is 10.5 Å². The van der Waals surface area contributed by atoms with Gasteiger partial charge in [-0.15, -0.1) is 24.8 Å². The lowest BCUT2D eigenvalue weighted by atomic mass is 9.54. The molecule has 22 heavy (non-hydrogen) atoms. The zero-order valence-electron chi connectivity index (χ0n) is 13.4. The van der Waals surface area contributed by atoms with Crippen LogP contribution in [0.4, 0.5) is 5.82 Å². The number of pyridine rings is 1. The third-order valence-electron chi connectivity index (χ3n) is 4.37. The van der Waals surface area contributed by atoms with Crippen molar-refractivity contribution in [3.8, 4) is 0 Å². The summed E-state index contributed by atoms with van der Waals surface area (Å²) < 4.78 is 5.63. The van der Waals surface area contributed by atoms with E-state index in [0.29, 0.717) is 18.8 Å². The van der Waals surface area contributed by atoms with Gasteiger partial charge in [0.25, 0.3) is 0 Å². The highest BCUT2D eigenvalue weighted by Crippen LogP contribution is 2.50. The number of aromatic nitrogens is 1. The summed E-state index contributed by atoms with van der Waals surface area (Å²) in [7, 11) is 0. The first-order valence-corrected chi connectivity index (χ1v) is 6.97. The van der Waals surface area contributed by atoms with Gasteiger partial charge < -0.3 is 15.8 Å². The molecule has 126 valence electrons. The van der Waals surface area contributed by atoms with Gasteiger partial charge in [0.05, 0.1) is 6.10 Å². The van der Waals surface area contributed by atoms with E-state index in [2.05, 4.69) is 10.3 Å². The predicted molar refractivity (Wildman–Crippen MR) is 92.8 cm³/mol. The first-order chi connectivity index (χ1) is 9.31. The smallest absolute Gasteiger partial charge is 0.246 e. The fourth-order valence-electron chi connectivity index (χ4n) is 2.66. The first kappa shape index (κ1) is 21.1. The molecule has 0 aromatic carbocycles. The lowest BCUT2D eigenvalue weighted by Crippen LogP contribution is -2.74. The maximum atomic E-state index is 12.5. The summed E-state index contributed by atoms with van der Waals surface area (Å²) in [4.78, 5) is 16.7. The SMILES string of the molecule is CCOC1CC(N)(C(=O)Nc2cccc(C)n2)C1(C)C.Cl.Cl. The Bertz CT molecular complexity index is 525. The number of ether oxygens (including phenoxy) is 1. The highest BCUT2D eigenvalue weighted by atomic mass is 35.5. The lowest BCUT2D eigenvalue weighted by Gasteiger charge is -2.57.